The first-order valence-corrected chi connectivity index (χ1v) is 10.7. The van der Waals surface area contributed by atoms with Crippen molar-refractivity contribution in [3.63, 3.8) is 0 Å². The SMILES string of the molecule is CNCCNC(=O)OC[C@@]1(C)[C@H](C(=O)O)N2C(=O)C(=Cc3ccccn3)[C@H]2S1(=O)=O. The van der Waals surface area contributed by atoms with Gasteiger partial charge in [0, 0.05) is 19.3 Å². The van der Waals surface area contributed by atoms with Gasteiger partial charge >= 0.3 is 12.1 Å². The highest BCUT2D eigenvalue weighted by atomic mass is 32.2. The smallest absolute Gasteiger partial charge is 0.407 e. The Hall–Kier alpha value is -2.99. The third-order valence-electron chi connectivity index (χ3n) is 5.16. The molecule has 0 radical (unpaired) electrons. The highest BCUT2D eigenvalue weighted by molar-refractivity contribution is 7.94. The van der Waals surface area contributed by atoms with Crippen molar-refractivity contribution >= 4 is 33.9 Å². The van der Waals surface area contributed by atoms with Gasteiger partial charge in [0.05, 0.1) is 11.3 Å². The number of carboxylic acids is 1. The lowest BCUT2D eigenvalue weighted by molar-refractivity contribution is -0.153. The fraction of sp³-hybridized carbons (Fsp3) is 0.444. The summed E-state index contributed by atoms with van der Waals surface area (Å²) in [4.78, 5) is 41.2. The molecule has 2 saturated heterocycles. The van der Waals surface area contributed by atoms with Gasteiger partial charge in [-0.15, -0.1) is 0 Å². The van der Waals surface area contributed by atoms with Gasteiger partial charge in [0.15, 0.2) is 21.3 Å². The van der Waals surface area contributed by atoms with Crippen molar-refractivity contribution in [2.45, 2.75) is 23.1 Å². The van der Waals surface area contributed by atoms with Gasteiger partial charge in [-0.2, -0.15) is 0 Å². The van der Waals surface area contributed by atoms with E-state index in [-0.39, 0.29) is 12.1 Å². The molecule has 1 aromatic rings. The third kappa shape index (κ3) is 3.41. The third-order valence-corrected chi connectivity index (χ3v) is 7.87. The first-order chi connectivity index (χ1) is 14.1. The maximum Gasteiger partial charge on any atom is 0.407 e. The number of aliphatic carboxylic acids is 1. The van der Waals surface area contributed by atoms with Crippen LogP contribution in [0, 0.1) is 0 Å². The molecular formula is C18H22N4O7S. The summed E-state index contributed by atoms with van der Waals surface area (Å²) in [5.74, 6) is -2.20. The van der Waals surface area contributed by atoms with E-state index in [9.17, 15) is 27.9 Å². The number of nitrogens with one attached hydrogen (secondary N) is 2. The van der Waals surface area contributed by atoms with Crippen LogP contribution in [0.2, 0.25) is 0 Å². The van der Waals surface area contributed by atoms with Crippen molar-refractivity contribution in [1.29, 1.82) is 0 Å². The highest BCUT2D eigenvalue weighted by Gasteiger charge is 2.72. The van der Waals surface area contributed by atoms with Crippen LogP contribution in [0.3, 0.4) is 0 Å². The van der Waals surface area contributed by atoms with E-state index in [1.165, 1.54) is 19.2 Å². The summed E-state index contributed by atoms with van der Waals surface area (Å²) >= 11 is 0. The summed E-state index contributed by atoms with van der Waals surface area (Å²) in [6, 6.07) is 3.25. The number of pyridine rings is 1. The maximum atomic E-state index is 13.3. The Morgan fingerprint density at radius 2 is 2.10 bits per heavy atom. The van der Waals surface area contributed by atoms with Crippen LogP contribution in [-0.4, -0.2) is 84.3 Å². The van der Waals surface area contributed by atoms with Gasteiger partial charge in [-0.1, -0.05) is 6.07 Å². The minimum atomic E-state index is -4.23. The molecule has 2 aliphatic rings. The lowest BCUT2D eigenvalue weighted by Gasteiger charge is -2.37. The Balaban J connectivity index is 1.89. The molecule has 0 unspecified atom stereocenters. The number of β-lactam (4-membered cyclic amide) rings is 1. The van der Waals surface area contributed by atoms with Gasteiger partial charge in [-0.3, -0.25) is 9.78 Å². The number of likely N-dealkylation sites (N-methyl/N-ethyl adjacent to an activating group) is 1. The fourth-order valence-corrected chi connectivity index (χ4v) is 5.84. The molecule has 3 atom stereocenters. The lowest BCUT2D eigenvalue weighted by Crippen LogP contribution is -2.59. The Labute approximate surface area is 173 Å². The zero-order chi connectivity index (χ0) is 22.1. The molecular weight excluding hydrogens is 416 g/mol. The van der Waals surface area contributed by atoms with E-state index in [2.05, 4.69) is 15.6 Å². The van der Waals surface area contributed by atoms with Crippen LogP contribution in [0.5, 0.6) is 0 Å². The summed E-state index contributed by atoms with van der Waals surface area (Å²) in [6.45, 7) is 1.17. The van der Waals surface area contributed by atoms with Crippen LogP contribution < -0.4 is 10.6 Å². The number of rotatable bonds is 7. The molecule has 0 aliphatic carbocycles. The van der Waals surface area contributed by atoms with E-state index in [4.69, 9.17) is 4.74 Å². The molecule has 0 aromatic carbocycles. The van der Waals surface area contributed by atoms with E-state index in [1.807, 2.05) is 0 Å². The van der Waals surface area contributed by atoms with Crippen molar-refractivity contribution in [2.24, 2.45) is 0 Å². The molecule has 3 N–H and O–H groups in total. The molecule has 0 saturated carbocycles. The molecule has 30 heavy (non-hydrogen) atoms. The molecule has 2 aliphatic heterocycles. The van der Waals surface area contributed by atoms with Crippen LogP contribution in [0.1, 0.15) is 12.6 Å². The molecule has 3 heterocycles. The second-order valence-corrected chi connectivity index (χ2v) is 9.59. The monoisotopic (exact) mass is 438 g/mol. The molecule has 162 valence electrons. The molecule has 2 fully saturated rings. The van der Waals surface area contributed by atoms with Crippen molar-refractivity contribution in [2.75, 3.05) is 26.7 Å². The molecule has 0 bridgehead atoms. The Morgan fingerprint density at radius 1 is 1.37 bits per heavy atom. The summed E-state index contributed by atoms with van der Waals surface area (Å²) in [7, 11) is -2.55. The Bertz CT molecular complexity index is 995. The van der Waals surface area contributed by atoms with E-state index < -0.39 is 50.6 Å². The van der Waals surface area contributed by atoms with Gasteiger partial charge in [-0.25, -0.2) is 18.0 Å². The lowest BCUT2D eigenvalue weighted by atomic mass is 9.94. The van der Waals surface area contributed by atoms with Crippen molar-refractivity contribution in [1.82, 2.24) is 20.5 Å². The average molecular weight is 438 g/mol. The van der Waals surface area contributed by atoms with Crippen molar-refractivity contribution in [3.05, 3.63) is 35.7 Å². The van der Waals surface area contributed by atoms with Gasteiger partial charge in [0.1, 0.15) is 11.4 Å². The number of nitrogens with zero attached hydrogens (tertiary/aromatic N) is 2. The van der Waals surface area contributed by atoms with E-state index >= 15 is 0 Å². The number of fused-ring (bicyclic) bond motifs is 1. The molecule has 1 aromatic heterocycles. The van der Waals surface area contributed by atoms with Crippen LogP contribution in [-0.2, 0) is 24.2 Å². The Kier molecular flexibility index (Phi) is 5.81. The number of carboxylic acid groups (broad SMARTS) is 1. The van der Waals surface area contributed by atoms with E-state index in [1.54, 1.807) is 25.2 Å². The predicted octanol–water partition coefficient (Wildman–Crippen LogP) is -0.781. The zero-order valence-electron chi connectivity index (χ0n) is 16.4. The molecule has 2 amide bonds. The second-order valence-electron chi connectivity index (χ2n) is 7.12. The summed E-state index contributed by atoms with van der Waals surface area (Å²) < 4.78 is 29.5. The zero-order valence-corrected chi connectivity index (χ0v) is 17.2. The van der Waals surface area contributed by atoms with E-state index in [0.717, 1.165) is 4.90 Å². The van der Waals surface area contributed by atoms with Gasteiger partial charge in [-0.05, 0) is 32.2 Å². The summed E-state index contributed by atoms with van der Waals surface area (Å²) in [5, 5.41) is 13.5. The largest absolute Gasteiger partial charge is 0.480 e. The van der Waals surface area contributed by atoms with Gasteiger partial charge in [0.25, 0.3) is 5.91 Å². The quantitative estimate of drug-likeness (QED) is 0.282. The standard InChI is InChI=1S/C18H22N4O7S/c1-18(10-29-17(26)21-8-7-19-2)13(16(24)25)22-14(23)12(15(22)30(18,27)28)9-11-5-3-4-6-20-11/h3-6,9,13,15,19H,7-8,10H2,1-2H3,(H,21,26)(H,24,25)/t13-,15+,18-/m0/s1. The first-order valence-electron chi connectivity index (χ1n) is 9.12. The molecule has 0 spiro atoms. The van der Waals surface area contributed by atoms with Crippen molar-refractivity contribution in [3.8, 4) is 0 Å². The summed E-state index contributed by atoms with van der Waals surface area (Å²) in [5.41, 5.74) is 0.304. The van der Waals surface area contributed by atoms with Crippen molar-refractivity contribution < 1.29 is 32.6 Å². The fourth-order valence-electron chi connectivity index (χ4n) is 3.56. The topological polar surface area (TPSA) is 155 Å². The highest BCUT2D eigenvalue weighted by Crippen LogP contribution is 2.49. The first kappa shape index (κ1) is 21.7. The minimum Gasteiger partial charge on any atom is -0.480 e. The Morgan fingerprint density at radius 3 is 2.70 bits per heavy atom. The second kappa shape index (κ2) is 8.03. The number of carbonyl (C=O) groups is 3. The number of alkyl carbamates (subject to hydrolysis) is 1. The number of ether oxygens (including phenoxy) is 1. The number of carbonyl (C=O) groups excluding carboxylic acids is 2. The number of sulfone groups is 1. The predicted molar refractivity (Wildman–Crippen MR) is 105 cm³/mol. The van der Waals surface area contributed by atoms with E-state index in [0.29, 0.717) is 12.2 Å². The van der Waals surface area contributed by atoms with Gasteiger partial charge in [0.2, 0.25) is 0 Å². The van der Waals surface area contributed by atoms with Gasteiger partial charge < -0.3 is 25.4 Å². The van der Waals surface area contributed by atoms with Crippen LogP contribution in [0.15, 0.2) is 30.0 Å². The number of aromatic nitrogens is 1. The molecule has 11 nitrogen and oxygen atoms in total. The minimum absolute atomic E-state index is 0.0675. The van der Waals surface area contributed by atoms with Crippen LogP contribution >= 0.6 is 0 Å². The number of amides is 2. The average Bonchev–Trinajstić information content (AvgIpc) is 2.87. The number of hydrogen-bond donors (Lipinski definition) is 3. The maximum absolute atomic E-state index is 13.3. The molecule has 3 rings (SSSR count). The normalized spacial score (nSPS) is 28.0. The van der Waals surface area contributed by atoms with Crippen LogP contribution in [0.25, 0.3) is 6.08 Å². The van der Waals surface area contributed by atoms with Crippen LogP contribution in [0.4, 0.5) is 4.79 Å². The summed E-state index contributed by atoms with van der Waals surface area (Å²) in [6.07, 6.45) is 1.94. The number of hydrogen-bond acceptors (Lipinski definition) is 8. The molecule has 12 heteroatoms.